The van der Waals surface area contributed by atoms with Crippen molar-refractivity contribution >= 4 is 12.6 Å². The normalized spacial score (nSPS) is 30.0. The molecule has 1 fully saturated rings. The summed E-state index contributed by atoms with van der Waals surface area (Å²) >= 11 is 4.13. The molecule has 1 aliphatic rings. The Morgan fingerprint density at radius 1 is 2.00 bits per heavy atom. The van der Waals surface area contributed by atoms with Crippen LogP contribution in [0.15, 0.2) is 0 Å². The van der Waals surface area contributed by atoms with Crippen molar-refractivity contribution in [2.45, 2.75) is 12.1 Å². The van der Waals surface area contributed by atoms with Gasteiger partial charge in [0.25, 0.3) is 0 Å². The van der Waals surface area contributed by atoms with Crippen molar-refractivity contribution in [3.8, 4) is 0 Å². The van der Waals surface area contributed by atoms with Gasteiger partial charge in [-0.3, -0.25) is 0 Å². The van der Waals surface area contributed by atoms with Gasteiger partial charge in [-0.05, 0) is 7.05 Å². The number of hydrogen-bond donors (Lipinski definition) is 2. The van der Waals surface area contributed by atoms with Crippen LogP contribution in [-0.4, -0.2) is 31.6 Å². The third-order valence-corrected chi connectivity index (χ3v) is 1.77. The SMILES string of the molecule is CNC(CS)C1CO1. The van der Waals surface area contributed by atoms with E-state index in [0.29, 0.717) is 12.1 Å². The van der Waals surface area contributed by atoms with Crippen LogP contribution in [-0.2, 0) is 4.74 Å². The number of hydrogen-bond acceptors (Lipinski definition) is 3. The van der Waals surface area contributed by atoms with E-state index in [0.717, 1.165) is 12.4 Å². The van der Waals surface area contributed by atoms with Crippen molar-refractivity contribution in [2.75, 3.05) is 19.4 Å². The van der Waals surface area contributed by atoms with Crippen molar-refractivity contribution in [3.63, 3.8) is 0 Å². The standard InChI is InChI=1S/C5H11NOS/c1-6-4(3-8)5-2-7-5/h4-6,8H,2-3H2,1H3. The minimum Gasteiger partial charge on any atom is -0.371 e. The zero-order chi connectivity index (χ0) is 5.98. The van der Waals surface area contributed by atoms with Gasteiger partial charge in [-0.25, -0.2) is 0 Å². The van der Waals surface area contributed by atoms with E-state index in [2.05, 4.69) is 17.9 Å². The average molecular weight is 133 g/mol. The summed E-state index contributed by atoms with van der Waals surface area (Å²) in [5.74, 6) is 0.862. The highest BCUT2D eigenvalue weighted by atomic mass is 32.1. The Morgan fingerprint density at radius 2 is 2.62 bits per heavy atom. The predicted octanol–water partition coefficient (Wildman–Crippen LogP) is -0.0970. The number of epoxide rings is 1. The maximum atomic E-state index is 5.04. The lowest BCUT2D eigenvalue weighted by atomic mass is 10.3. The van der Waals surface area contributed by atoms with E-state index < -0.39 is 0 Å². The minimum absolute atomic E-state index is 0.442. The molecule has 0 amide bonds. The Kier molecular flexibility index (Phi) is 2.16. The van der Waals surface area contributed by atoms with Gasteiger partial charge in [-0.2, -0.15) is 12.6 Å². The second-order valence-electron chi connectivity index (χ2n) is 1.95. The van der Waals surface area contributed by atoms with Crippen LogP contribution < -0.4 is 5.32 Å². The molecule has 0 aromatic carbocycles. The summed E-state index contributed by atoms with van der Waals surface area (Å²) in [5, 5.41) is 3.11. The van der Waals surface area contributed by atoms with Crippen LogP contribution in [0.4, 0.5) is 0 Å². The zero-order valence-corrected chi connectivity index (χ0v) is 5.82. The average Bonchev–Trinajstić information content (AvgIpc) is 2.53. The molecule has 2 nitrogen and oxygen atoms in total. The van der Waals surface area contributed by atoms with Gasteiger partial charge in [-0.15, -0.1) is 0 Å². The number of nitrogens with one attached hydrogen (secondary N) is 1. The van der Waals surface area contributed by atoms with Crippen LogP contribution in [0, 0.1) is 0 Å². The number of likely N-dealkylation sites (N-methyl/N-ethyl adjacent to an activating group) is 1. The van der Waals surface area contributed by atoms with Gasteiger partial charge < -0.3 is 10.1 Å². The summed E-state index contributed by atoms with van der Waals surface area (Å²) in [7, 11) is 1.93. The van der Waals surface area contributed by atoms with Gasteiger partial charge in [0.1, 0.15) is 0 Å². The first-order valence-corrected chi connectivity index (χ1v) is 3.41. The molecule has 0 saturated carbocycles. The lowest BCUT2D eigenvalue weighted by Crippen LogP contribution is -2.32. The molecule has 0 aromatic heterocycles. The Morgan fingerprint density at radius 3 is 2.75 bits per heavy atom. The largest absolute Gasteiger partial charge is 0.371 e. The van der Waals surface area contributed by atoms with Crippen LogP contribution in [0.1, 0.15) is 0 Å². The first-order chi connectivity index (χ1) is 3.88. The molecule has 0 aromatic rings. The predicted molar refractivity (Wildman–Crippen MR) is 36.4 cm³/mol. The van der Waals surface area contributed by atoms with E-state index in [1.807, 2.05) is 7.05 Å². The fourth-order valence-corrected chi connectivity index (χ4v) is 1.10. The molecule has 1 heterocycles. The first kappa shape index (κ1) is 6.39. The van der Waals surface area contributed by atoms with Crippen LogP contribution >= 0.6 is 12.6 Å². The summed E-state index contributed by atoms with van der Waals surface area (Å²) in [4.78, 5) is 0. The van der Waals surface area contributed by atoms with E-state index in [4.69, 9.17) is 4.74 Å². The van der Waals surface area contributed by atoms with Crippen molar-refractivity contribution < 1.29 is 4.74 Å². The van der Waals surface area contributed by atoms with E-state index in [1.165, 1.54) is 0 Å². The molecule has 8 heavy (non-hydrogen) atoms. The summed E-state index contributed by atoms with van der Waals surface area (Å²) in [6.45, 7) is 0.909. The molecule has 3 heteroatoms. The zero-order valence-electron chi connectivity index (χ0n) is 4.92. The van der Waals surface area contributed by atoms with E-state index in [9.17, 15) is 0 Å². The quantitative estimate of drug-likeness (QED) is 0.415. The molecule has 0 radical (unpaired) electrons. The van der Waals surface area contributed by atoms with E-state index in [1.54, 1.807) is 0 Å². The molecule has 2 atom stereocenters. The van der Waals surface area contributed by atoms with E-state index >= 15 is 0 Å². The molecular weight excluding hydrogens is 122 g/mol. The Hall–Kier alpha value is 0.270. The van der Waals surface area contributed by atoms with Crippen LogP contribution in [0.5, 0.6) is 0 Å². The highest BCUT2D eigenvalue weighted by molar-refractivity contribution is 7.80. The summed E-state index contributed by atoms with van der Waals surface area (Å²) < 4.78 is 5.04. The molecular formula is C5H11NOS. The molecule has 2 unspecified atom stereocenters. The Labute approximate surface area is 55.0 Å². The van der Waals surface area contributed by atoms with Crippen molar-refractivity contribution in [1.82, 2.24) is 5.32 Å². The molecule has 1 saturated heterocycles. The second kappa shape index (κ2) is 2.71. The fraction of sp³-hybridized carbons (Fsp3) is 1.00. The van der Waals surface area contributed by atoms with Crippen molar-refractivity contribution in [2.24, 2.45) is 0 Å². The number of rotatable bonds is 3. The smallest absolute Gasteiger partial charge is 0.0970 e. The molecule has 48 valence electrons. The van der Waals surface area contributed by atoms with Gasteiger partial charge in [-0.1, -0.05) is 0 Å². The van der Waals surface area contributed by atoms with Gasteiger partial charge in [0.2, 0.25) is 0 Å². The Balaban J connectivity index is 2.15. The molecule has 1 rings (SSSR count). The third kappa shape index (κ3) is 1.37. The Bertz CT molecular complexity index is 70.8. The van der Waals surface area contributed by atoms with Crippen LogP contribution in [0.3, 0.4) is 0 Å². The fourth-order valence-electron chi connectivity index (χ4n) is 0.683. The van der Waals surface area contributed by atoms with Gasteiger partial charge in [0.05, 0.1) is 12.7 Å². The number of ether oxygens (including phenoxy) is 1. The van der Waals surface area contributed by atoms with Crippen LogP contribution in [0.2, 0.25) is 0 Å². The molecule has 0 spiro atoms. The van der Waals surface area contributed by atoms with Gasteiger partial charge in [0.15, 0.2) is 0 Å². The molecule has 0 bridgehead atoms. The molecule has 0 aliphatic carbocycles. The summed E-state index contributed by atoms with van der Waals surface area (Å²) in [6.07, 6.45) is 0.442. The molecule has 1 N–H and O–H groups in total. The lowest BCUT2D eigenvalue weighted by molar-refractivity contribution is 0.364. The van der Waals surface area contributed by atoms with Crippen LogP contribution in [0.25, 0.3) is 0 Å². The third-order valence-electron chi connectivity index (χ3n) is 1.38. The summed E-state index contributed by atoms with van der Waals surface area (Å²) in [5.41, 5.74) is 0. The summed E-state index contributed by atoms with van der Waals surface area (Å²) in [6, 6.07) is 0.457. The number of thiol groups is 1. The first-order valence-electron chi connectivity index (χ1n) is 2.78. The maximum absolute atomic E-state index is 5.04. The van der Waals surface area contributed by atoms with Gasteiger partial charge in [0, 0.05) is 11.8 Å². The van der Waals surface area contributed by atoms with Crippen molar-refractivity contribution in [3.05, 3.63) is 0 Å². The monoisotopic (exact) mass is 133 g/mol. The van der Waals surface area contributed by atoms with E-state index in [-0.39, 0.29) is 0 Å². The van der Waals surface area contributed by atoms with Gasteiger partial charge >= 0.3 is 0 Å². The minimum atomic E-state index is 0.442. The molecule has 1 aliphatic heterocycles. The highest BCUT2D eigenvalue weighted by Crippen LogP contribution is 2.13. The lowest BCUT2D eigenvalue weighted by Gasteiger charge is -2.07. The topological polar surface area (TPSA) is 24.6 Å². The maximum Gasteiger partial charge on any atom is 0.0970 e. The second-order valence-corrected chi connectivity index (χ2v) is 2.31. The van der Waals surface area contributed by atoms with Crippen molar-refractivity contribution in [1.29, 1.82) is 0 Å². The highest BCUT2D eigenvalue weighted by Gasteiger charge is 2.30.